The molecule has 0 spiro atoms. The fourth-order valence-electron chi connectivity index (χ4n) is 1.73. The van der Waals surface area contributed by atoms with Gasteiger partial charge >= 0.3 is 0 Å². The summed E-state index contributed by atoms with van der Waals surface area (Å²) in [5.41, 5.74) is -0.282. The molecule has 0 saturated heterocycles. The second-order valence-electron chi connectivity index (χ2n) is 4.13. The van der Waals surface area contributed by atoms with Crippen molar-refractivity contribution < 1.29 is 9.72 Å². The zero-order chi connectivity index (χ0) is 15.4. The normalized spacial score (nSPS) is 10.4. The molecule has 5 nitrogen and oxygen atoms in total. The van der Waals surface area contributed by atoms with Crippen LogP contribution in [0.3, 0.4) is 0 Å². The molecule has 110 valence electrons. The third-order valence-electron chi connectivity index (χ3n) is 2.69. The lowest BCUT2D eigenvalue weighted by Gasteiger charge is -2.05. The van der Waals surface area contributed by atoms with Crippen LogP contribution in [0.1, 0.15) is 15.2 Å². The summed E-state index contributed by atoms with van der Waals surface area (Å²) in [5, 5.41) is 13.9. The molecule has 2 rings (SSSR count). The average Bonchev–Trinajstić information content (AvgIpc) is 2.84. The Morgan fingerprint density at radius 1 is 1.38 bits per heavy atom. The fourth-order valence-corrected chi connectivity index (χ4v) is 3.38. The van der Waals surface area contributed by atoms with Gasteiger partial charge in [-0.25, -0.2) is 0 Å². The van der Waals surface area contributed by atoms with Crippen molar-refractivity contribution in [3.05, 3.63) is 59.7 Å². The smallest absolute Gasteiger partial charge is 0.282 e. The summed E-state index contributed by atoms with van der Waals surface area (Å²) >= 11 is 10.7. The van der Waals surface area contributed by atoms with Crippen LogP contribution < -0.4 is 5.32 Å². The van der Waals surface area contributed by atoms with Crippen LogP contribution >= 0.6 is 38.9 Å². The monoisotopic (exact) mass is 388 g/mol. The summed E-state index contributed by atoms with van der Waals surface area (Å²) in [5.74, 6) is -0.500. The Balaban J connectivity index is 2.03. The highest BCUT2D eigenvalue weighted by Gasteiger charge is 2.20. The Labute approximate surface area is 138 Å². The summed E-state index contributed by atoms with van der Waals surface area (Å²) in [6.07, 6.45) is 0.663. The maximum absolute atomic E-state index is 12.0. The first kappa shape index (κ1) is 15.9. The Bertz CT molecular complexity index is 690. The number of rotatable bonds is 5. The van der Waals surface area contributed by atoms with Crippen molar-refractivity contribution in [3.8, 4) is 0 Å². The zero-order valence-electron chi connectivity index (χ0n) is 10.6. The van der Waals surface area contributed by atoms with Crippen LogP contribution in [0.4, 0.5) is 5.69 Å². The fraction of sp³-hybridized carbons (Fsp3) is 0.154. The van der Waals surface area contributed by atoms with Gasteiger partial charge in [-0.2, -0.15) is 0 Å². The topological polar surface area (TPSA) is 72.2 Å². The highest BCUT2D eigenvalue weighted by Crippen LogP contribution is 2.23. The van der Waals surface area contributed by atoms with Gasteiger partial charge in [0.15, 0.2) is 0 Å². The molecule has 1 aromatic carbocycles. The van der Waals surface area contributed by atoms with Crippen LogP contribution in [-0.4, -0.2) is 17.4 Å². The number of hydrogen-bond donors (Lipinski definition) is 1. The van der Waals surface area contributed by atoms with Crippen LogP contribution in [0.2, 0.25) is 5.02 Å². The maximum Gasteiger partial charge on any atom is 0.282 e. The Hall–Kier alpha value is -1.44. The van der Waals surface area contributed by atoms with E-state index in [9.17, 15) is 14.9 Å². The Kier molecular flexibility index (Phi) is 5.33. The number of carbonyl (C=O) groups is 1. The predicted octanol–water partition coefficient (Wildman–Crippen LogP) is 4.04. The number of halogens is 2. The van der Waals surface area contributed by atoms with Crippen LogP contribution in [0.25, 0.3) is 0 Å². The van der Waals surface area contributed by atoms with Crippen LogP contribution in [-0.2, 0) is 6.42 Å². The minimum Gasteiger partial charge on any atom is -0.351 e. The second-order valence-corrected chi connectivity index (χ2v) is 7.11. The lowest BCUT2D eigenvalue weighted by Crippen LogP contribution is -2.26. The summed E-state index contributed by atoms with van der Waals surface area (Å²) in [6, 6.07) is 7.82. The van der Waals surface area contributed by atoms with Crippen molar-refractivity contribution in [1.29, 1.82) is 0 Å². The molecule has 1 N–H and O–H groups in total. The summed E-state index contributed by atoms with van der Waals surface area (Å²) in [7, 11) is 0. The molecule has 0 unspecified atom stereocenters. The minimum atomic E-state index is -0.596. The molecule has 1 amide bonds. The molecule has 1 aromatic heterocycles. The van der Waals surface area contributed by atoms with Gasteiger partial charge in [-0.1, -0.05) is 11.6 Å². The molecule has 8 heteroatoms. The van der Waals surface area contributed by atoms with E-state index in [4.69, 9.17) is 11.6 Å². The molecular formula is C13H10BrClN2O3S. The van der Waals surface area contributed by atoms with E-state index in [1.807, 2.05) is 12.1 Å². The van der Waals surface area contributed by atoms with E-state index in [1.54, 1.807) is 11.3 Å². The van der Waals surface area contributed by atoms with Gasteiger partial charge in [0.1, 0.15) is 5.56 Å². The molecule has 0 saturated carbocycles. The van der Waals surface area contributed by atoms with E-state index in [2.05, 4.69) is 21.2 Å². The first-order valence-electron chi connectivity index (χ1n) is 5.93. The number of nitro groups is 1. The van der Waals surface area contributed by atoms with Crippen LogP contribution in [0.15, 0.2) is 34.1 Å². The van der Waals surface area contributed by atoms with Crippen molar-refractivity contribution in [2.75, 3.05) is 6.54 Å². The van der Waals surface area contributed by atoms with Crippen molar-refractivity contribution in [2.24, 2.45) is 0 Å². The van der Waals surface area contributed by atoms with Crippen molar-refractivity contribution >= 4 is 50.5 Å². The van der Waals surface area contributed by atoms with Crippen molar-refractivity contribution in [1.82, 2.24) is 5.32 Å². The number of thiophene rings is 1. The van der Waals surface area contributed by atoms with E-state index in [0.29, 0.717) is 13.0 Å². The maximum atomic E-state index is 12.0. The van der Waals surface area contributed by atoms with Gasteiger partial charge < -0.3 is 5.32 Å². The number of hydrogen-bond acceptors (Lipinski definition) is 4. The van der Waals surface area contributed by atoms with Crippen molar-refractivity contribution in [3.63, 3.8) is 0 Å². The average molecular weight is 390 g/mol. The molecule has 2 aromatic rings. The first-order chi connectivity index (χ1) is 9.97. The third kappa shape index (κ3) is 4.26. The second kappa shape index (κ2) is 7.02. The zero-order valence-corrected chi connectivity index (χ0v) is 13.8. The standard InChI is InChI=1S/C13H10BrClN2O3S/c14-12-4-2-9(21-12)5-6-16-13(18)10-7-8(15)1-3-11(10)17(19)20/h1-4,7H,5-6H2,(H,16,18). The van der Waals surface area contributed by atoms with E-state index in [0.717, 1.165) is 8.66 Å². The number of nitrogens with one attached hydrogen (secondary N) is 1. The molecule has 0 bridgehead atoms. The van der Waals surface area contributed by atoms with E-state index in [1.165, 1.54) is 18.2 Å². The molecular weight excluding hydrogens is 380 g/mol. The summed E-state index contributed by atoms with van der Waals surface area (Å²) < 4.78 is 1.02. The molecule has 0 fully saturated rings. The molecule has 0 aliphatic rings. The molecule has 0 atom stereocenters. The van der Waals surface area contributed by atoms with Gasteiger partial charge in [0.05, 0.1) is 8.71 Å². The first-order valence-corrected chi connectivity index (χ1v) is 7.92. The Morgan fingerprint density at radius 3 is 2.76 bits per heavy atom. The van der Waals surface area contributed by atoms with Gasteiger partial charge in [0.25, 0.3) is 11.6 Å². The van der Waals surface area contributed by atoms with Gasteiger partial charge in [-0.15, -0.1) is 11.3 Å². The molecule has 1 heterocycles. The van der Waals surface area contributed by atoms with E-state index in [-0.39, 0.29) is 16.3 Å². The number of benzene rings is 1. The quantitative estimate of drug-likeness (QED) is 0.619. The van der Waals surface area contributed by atoms with E-state index < -0.39 is 10.8 Å². The highest BCUT2D eigenvalue weighted by atomic mass is 79.9. The number of nitrogens with zero attached hydrogens (tertiary/aromatic N) is 1. The van der Waals surface area contributed by atoms with Gasteiger partial charge in [0, 0.05) is 22.5 Å². The molecule has 21 heavy (non-hydrogen) atoms. The Morgan fingerprint density at radius 2 is 2.14 bits per heavy atom. The van der Waals surface area contributed by atoms with E-state index >= 15 is 0 Å². The molecule has 0 aliphatic heterocycles. The lowest BCUT2D eigenvalue weighted by molar-refractivity contribution is -0.385. The SMILES string of the molecule is O=C(NCCc1ccc(Br)s1)c1cc(Cl)ccc1[N+](=O)[O-]. The number of amides is 1. The minimum absolute atomic E-state index is 0.0279. The largest absolute Gasteiger partial charge is 0.351 e. The molecule has 0 aliphatic carbocycles. The number of nitro benzene ring substituents is 1. The molecule has 0 radical (unpaired) electrons. The highest BCUT2D eigenvalue weighted by molar-refractivity contribution is 9.11. The number of carbonyl (C=O) groups excluding carboxylic acids is 1. The van der Waals surface area contributed by atoms with Crippen LogP contribution in [0.5, 0.6) is 0 Å². The third-order valence-corrected chi connectivity index (χ3v) is 4.60. The van der Waals surface area contributed by atoms with Gasteiger partial charge in [-0.3, -0.25) is 14.9 Å². The van der Waals surface area contributed by atoms with Gasteiger partial charge in [0.2, 0.25) is 0 Å². The van der Waals surface area contributed by atoms with Gasteiger partial charge in [-0.05, 0) is 46.6 Å². The predicted molar refractivity (Wildman–Crippen MR) is 86.2 cm³/mol. The lowest BCUT2D eigenvalue weighted by atomic mass is 10.1. The van der Waals surface area contributed by atoms with Crippen molar-refractivity contribution in [2.45, 2.75) is 6.42 Å². The summed E-state index contributed by atoms with van der Waals surface area (Å²) in [4.78, 5) is 23.5. The van der Waals surface area contributed by atoms with Crippen LogP contribution in [0, 0.1) is 10.1 Å². The summed E-state index contributed by atoms with van der Waals surface area (Å²) in [6.45, 7) is 0.398.